The third-order valence-electron chi connectivity index (χ3n) is 3.76. The van der Waals surface area contributed by atoms with Gasteiger partial charge in [-0.1, -0.05) is 38.5 Å². The summed E-state index contributed by atoms with van der Waals surface area (Å²) in [6.07, 6.45) is 5.44. The summed E-state index contributed by atoms with van der Waals surface area (Å²) in [6.45, 7) is 6.93. The molecule has 0 radical (unpaired) electrons. The molecule has 1 aliphatic carbocycles. The quantitative estimate of drug-likeness (QED) is 0.801. The Morgan fingerprint density at radius 3 is 2.69 bits per heavy atom. The standard InChI is InChI=1S/C13H24N2S/c1-9(2)11-6-4-5-7-12(11)15-13-14-10(3)8-16-13/h9-12H,4-8H2,1-3H3,(H,14,15). The Labute approximate surface area is 104 Å². The van der Waals surface area contributed by atoms with Crippen LogP contribution < -0.4 is 5.32 Å². The van der Waals surface area contributed by atoms with E-state index in [0.717, 1.165) is 11.8 Å². The van der Waals surface area contributed by atoms with Crippen LogP contribution in [0.25, 0.3) is 0 Å². The highest BCUT2D eigenvalue weighted by molar-refractivity contribution is 8.14. The first kappa shape index (κ1) is 12.3. The molecule has 0 aromatic rings. The number of rotatable bonds is 2. The van der Waals surface area contributed by atoms with Crippen LogP contribution in [0.4, 0.5) is 0 Å². The number of aliphatic imine (C=N–C) groups is 1. The second-order valence-corrected chi connectivity index (χ2v) is 6.56. The molecule has 1 aliphatic heterocycles. The first-order chi connectivity index (χ1) is 7.66. The highest BCUT2D eigenvalue weighted by Crippen LogP contribution is 2.33. The lowest BCUT2D eigenvalue weighted by Gasteiger charge is -2.32. The lowest BCUT2D eigenvalue weighted by atomic mass is 9.78. The molecule has 0 aromatic carbocycles. The summed E-state index contributed by atoms with van der Waals surface area (Å²) in [7, 11) is 0. The van der Waals surface area contributed by atoms with E-state index in [-0.39, 0.29) is 0 Å². The van der Waals surface area contributed by atoms with E-state index >= 15 is 0 Å². The molecule has 2 fully saturated rings. The summed E-state index contributed by atoms with van der Waals surface area (Å²) in [6, 6.07) is 1.18. The fourth-order valence-electron chi connectivity index (χ4n) is 2.80. The molecule has 0 spiro atoms. The molecule has 1 N–H and O–H groups in total. The van der Waals surface area contributed by atoms with E-state index in [4.69, 9.17) is 4.99 Å². The van der Waals surface area contributed by atoms with Crippen LogP contribution in [0.5, 0.6) is 0 Å². The second kappa shape index (κ2) is 5.44. The van der Waals surface area contributed by atoms with Gasteiger partial charge in [0.25, 0.3) is 0 Å². The van der Waals surface area contributed by atoms with Crippen molar-refractivity contribution < 1.29 is 0 Å². The summed E-state index contributed by atoms with van der Waals surface area (Å²) >= 11 is 1.90. The highest BCUT2D eigenvalue weighted by atomic mass is 32.2. The van der Waals surface area contributed by atoms with Gasteiger partial charge in [0.1, 0.15) is 0 Å². The summed E-state index contributed by atoms with van der Waals surface area (Å²) < 4.78 is 0. The van der Waals surface area contributed by atoms with Gasteiger partial charge in [-0.25, -0.2) is 0 Å². The van der Waals surface area contributed by atoms with E-state index < -0.39 is 0 Å². The van der Waals surface area contributed by atoms with Gasteiger partial charge < -0.3 is 5.32 Å². The molecule has 92 valence electrons. The summed E-state index contributed by atoms with van der Waals surface area (Å²) in [5.74, 6) is 2.76. The Hall–Kier alpha value is -0.180. The first-order valence-electron chi connectivity index (χ1n) is 6.64. The van der Waals surface area contributed by atoms with Gasteiger partial charge in [0, 0.05) is 11.8 Å². The van der Waals surface area contributed by atoms with Crippen molar-refractivity contribution >= 4 is 16.9 Å². The van der Waals surface area contributed by atoms with Crippen LogP contribution in [0, 0.1) is 11.8 Å². The van der Waals surface area contributed by atoms with Gasteiger partial charge in [-0.05, 0) is 31.6 Å². The van der Waals surface area contributed by atoms with E-state index in [9.17, 15) is 0 Å². The molecule has 3 unspecified atom stereocenters. The fourth-order valence-corrected chi connectivity index (χ4v) is 3.79. The topological polar surface area (TPSA) is 24.4 Å². The van der Waals surface area contributed by atoms with Gasteiger partial charge in [-0.3, -0.25) is 4.99 Å². The third kappa shape index (κ3) is 2.93. The van der Waals surface area contributed by atoms with Gasteiger partial charge in [-0.15, -0.1) is 0 Å². The molecular weight excluding hydrogens is 216 g/mol. The monoisotopic (exact) mass is 240 g/mol. The lowest BCUT2D eigenvalue weighted by molar-refractivity contribution is 0.241. The van der Waals surface area contributed by atoms with E-state index in [1.165, 1.54) is 36.6 Å². The number of nitrogens with zero attached hydrogens (tertiary/aromatic N) is 1. The molecule has 0 aromatic heterocycles. The molecule has 1 saturated carbocycles. The van der Waals surface area contributed by atoms with Gasteiger partial charge in [0.2, 0.25) is 0 Å². The smallest absolute Gasteiger partial charge is 0.157 e. The third-order valence-corrected chi connectivity index (χ3v) is 4.92. The zero-order valence-electron chi connectivity index (χ0n) is 10.7. The Morgan fingerprint density at radius 1 is 1.31 bits per heavy atom. The summed E-state index contributed by atoms with van der Waals surface area (Å²) in [5.41, 5.74) is 0. The maximum Gasteiger partial charge on any atom is 0.157 e. The Kier molecular flexibility index (Phi) is 4.17. The van der Waals surface area contributed by atoms with Crippen LogP contribution in [0.3, 0.4) is 0 Å². The van der Waals surface area contributed by atoms with E-state index in [1.54, 1.807) is 0 Å². The molecule has 1 heterocycles. The maximum atomic E-state index is 4.96. The van der Waals surface area contributed by atoms with E-state index in [0.29, 0.717) is 12.1 Å². The lowest BCUT2D eigenvalue weighted by Crippen LogP contribution is -2.30. The number of hydrogen-bond donors (Lipinski definition) is 1. The van der Waals surface area contributed by atoms with Crippen LogP contribution >= 0.6 is 11.8 Å². The predicted molar refractivity (Wildman–Crippen MR) is 73.1 cm³/mol. The minimum atomic E-state index is 0.578. The molecule has 0 amide bonds. The van der Waals surface area contributed by atoms with Crippen molar-refractivity contribution in [1.29, 1.82) is 0 Å². The predicted octanol–water partition coefficient (Wildman–Crippen LogP) is 3.28. The van der Waals surface area contributed by atoms with Crippen LogP contribution in [0.2, 0.25) is 0 Å². The van der Waals surface area contributed by atoms with Crippen LogP contribution in [-0.4, -0.2) is 23.0 Å². The minimum Gasteiger partial charge on any atom is -0.362 e. The van der Waals surface area contributed by atoms with Crippen molar-refractivity contribution in [3.63, 3.8) is 0 Å². The second-order valence-electron chi connectivity index (χ2n) is 5.55. The first-order valence-corrected chi connectivity index (χ1v) is 7.62. The van der Waals surface area contributed by atoms with E-state index in [2.05, 4.69) is 26.1 Å². The van der Waals surface area contributed by atoms with Crippen LogP contribution in [0.1, 0.15) is 46.5 Å². The Morgan fingerprint density at radius 2 is 2.06 bits per heavy atom. The Balaban J connectivity index is 2.00. The number of thioether (sulfide) groups is 1. The number of nitrogens with one attached hydrogen (secondary N) is 1. The molecule has 3 atom stereocenters. The average molecular weight is 240 g/mol. The molecule has 1 saturated heterocycles. The molecular formula is C13H24N2S. The van der Waals surface area contributed by atoms with Crippen molar-refractivity contribution in [2.45, 2.75) is 58.5 Å². The van der Waals surface area contributed by atoms with Crippen molar-refractivity contribution in [2.75, 3.05) is 5.75 Å². The van der Waals surface area contributed by atoms with E-state index in [1.807, 2.05) is 11.8 Å². The SMILES string of the molecule is CC1CSC(=NC2CCCCC2C(C)C)N1. The van der Waals surface area contributed by atoms with Gasteiger partial charge in [0.05, 0.1) is 6.04 Å². The number of amidine groups is 1. The van der Waals surface area contributed by atoms with Crippen LogP contribution in [0.15, 0.2) is 4.99 Å². The average Bonchev–Trinajstić information content (AvgIpc) is 2.64. The molecule has 2 aliphatic rings. The van der Waals surface area contributed by atoms with Gasteiger partial charge >= 0.3 is 0 Å². The van der Waals surface area contributed by atoms with Crippen molar-refractivity contribution in [3.8, 4) is 0 Å². The molecule has 16 heavy (non-hydrogen) atoms. The molecule has 0 bridgehead atoms. The number of hydrogen-bond acceptors (Lipinski definition) is 2. The largest absolute Gasteiger partial charge is 0.362 e. The summed E-state index contributed by atoms with van der Waals surface area (Å²) in [5, 5.41) is 4.67. The molecule has 3 heteroatoms. The zero-order valence-corrected chi connectivity index (χ0v) is 11.5. The van der Waals surface area contributed by atoms with Crippen molar-refractivity contribution in [1.82, 2.24) is 5.32 Å². The fraction of sp³-hybridized carbons (Fsp3) is 0.923. The zero-order chi connectivity index (χ0) is 11.5. The Bertz CT molecular complexity index is 263. The highest BCUT2D eigenvalue weighted by Gasteiger charge is 2.28. The molecule has 2 rings (SSSR count). The molecule has 2 nitrogen and oxygen atoms in total. The minimum absolute atomic E-state index is 0.578. The summed E-state index contributed by atoms with van der Waals surface area (Å²) in [4.78, 5) is 4.96. The van der Waals surface area contributed by atoms with Gasteiger partial charge in [0.15, 0.2) is 5.17 Å². The van der Waals surface area contributed by atoms with Crippen molar-refractivity contribution in [3.05, 3.63) is 0 Å². The van der Waals surface area contributed by atoms with Crippen LogP contribution in [-0.2, 0) is 0 Å². The maximum absolute atomic E-state index is 4.96. The van der Waals surface area contributed by atoms with Gasteiger partial charge in [-0.2, -0.15) is 0 Å². The normalized spacial score (nSPS) is 38.0. The van der Waals surface area contributed by atoms with Crippen molar-refractivity contribution in [2.24, 2.45) is 16.8 Å².